The van der Waals surface area contributed by atoms with Gasteiger partial charge in [-0.25, -0.2) is 9.98 Å². The molecule has 0 saturated carbocycles. The summed E-state index contributed by atoms with van der Waals surface area (Å²) in [5, 5.41) is 17.7. The van der Waals surface area contributed by atoms with Crippen LogP contribution in [0.2, 0.25) is 0 Å². The number of thiophene rings is 3. The molecule has 1 N–H and O–H groups in total. The Labute approximate surface area is 145 Å². The fourth-order valence-corrected chi connectivity index (χ4v) is 6.76. The van der Waals surface area contributed by atoms with E-state index in [0.29, 0.717) is 0 Å². The molecule has 0 fully saturated rings. The van der Waals surface area contributed by atoms with E-state index >= 15 is 0 Å². The minimum atomic E-state index is 0.900. The molecule has 112 valence electrons. The van der Waals surface area contributed by atoms with Gasteiger partial charge >= 0.3 is 0 Å². The Morgan fingerprint density at radius 3 is 2.83 bits per heavy atom. The van der Waals surface area contributed by atoms with Gasteiger partial charge in [-0.05, 0) is 22.9 Å². The fourth-order valence-electron chi connectivity index (χ4n) is 3.59. The molecule has 0 atom stereocenters. The summed E-state index contributed by atoms with van der Waals surface area (Å²) in [7, 11) is 0. The first-order chi connectivity index (χ1) is 11.9. The SMILES string of the molecule is c1cc2c(s1)-c1c(c3c(c4nn[nH]c14)-c1sc4ccsc4c1N=3)=N2. The standard InChI is InChI=1S/C16H5N5S3/c1-3-22-14-5(1)17-9-7(14)11-12(20-21-19-11)8-10(9)18-13-15-6(2-4-23-15)24-16(8)13/h1-4H,(H,19,20,21). The largest absolute Gasteiger partial charge is 0.257 e. The number of nitrogens with one attached hydrogen (secondary N) is 1. The van der Waals surface area contributed by atoms with Crippen LogP contribution in [0.25, 0.3) is 41.3 Å². The van der Waals surface area contributed by atoms with Crippen molar-refractivity contribution in [3.05, 3.63) is 33.6 Å². The second-order valence-electron chi connectivity index (χ2n) is 5.73. The molecule has 7 rings (SSSR count). The van der Waals surface area contributed by atoms with Gasteiger partial charge in [0, 0.05) is 10.3 Å². The Morgan fingerprint density at radius 1 is 0.917 bits per heavy atom. The van der Waals surface area contributed by atoms with Crippen LogP contribution in [0.1, 0.15) is 0 Å². The summed E-state index contributed by atoms with van der Waals surface area (Å²) >= 11 is 5.23. The number of benzene rings is 1. The van der Waals surface area contributed by atoms with Crippen molar-refractivity contribution < 1.29 is 0 Å². The number of hydrogen-bond acceptors (Lipinski definition) is 7. The molecular weight excluding hydrogens is 358 g/mol. The predicted octanol–water partition coefficient (Wildman–Crippen LogP) is 4.16. The van der Waals surface area contributed by atoms with Crippen molar-refractivity contribution in [1.29, 1.82) is 0 Å². The quantitative estimate of drug-likeness (QED) is 0.440. The highest BCUT2D eigenvalue weighted by atomic mass is 32.1. The van der Waals surface area contributed by atoms with Crippen LogP contribution in [0.3, 0.4) is 0 Å². The van der Waals surface area contributed by atoms with Crippen LogP contribution in [0.5, 0.6) is 0 Å². The Bertz CT molecular complexity index is 1460. The van der Waals surface area contributed by atoms with Gasteiger partial charge in [-0.15, -0.1) is 39.1 Å². The van der Waals surface area contributed by atoms with Crippen molar-refractivity contribution in [2.45, 2.75) is 0 Å². The van der Waals surface area contributed by atoms with E-state index in [2.05, 4.69) is 38.3 Å². The van der Waals surface area contributed by atoms with E-state index in [-0.39, 0.29) is 0 Å². The lowest BCUT2D eigenvalue weighted by molar-refractivity contribution is 0.960. The number of rotatable bonds is 0. The molecule has 5 nitrogen and oxygen atoms in total. The van der Waals surface area contributed by atoms with Crippen LogP contribution in [-0.4, -0.2) is 15.4 Å². The second kappa shape index (κ2) is 3.80. The summed E-state index contributed by atoms with van der Waals surface area (Å²) in [5.41, 5.74) is 6.14. The average Bonchev–Trinajstić information content (AvgIpc) is 3.34. The summed E-state index contributed by atoms with van der Waals surface area (Å²) in [6, 6.07) is 4.22. The molecule has 6 heterocycles. The maximum atomic E-state index is 4.99. The Balaban J connectivity index is 1.78. The van der Waals surface area contributed by atoms with Gasteiger partial charge in [-0.2, -0.15) is 0 Å². The number of aromatic amines is 1. The molecule has 0 unspecified atom stereocenters. The monoisotopic (exact) mass is 363 g/mol. The van der Waals surface area contributed by atoms with Crippen LogP contribution in [0, 0.1) is 0 Å². The lowest BCUT2D eigenvalue weighted by Gasteiger charge is -2.00. The molecule has 0 aliphatic carbocycles. The third kappa shape index (κ3) is 1.18. The highest BCUT2D eigenvalue weighted by molar-refractivity contribution is 7.30. The molecule has 0 saturated heterocycles. The number of aromatic nitrogens is 3. The molecule has 0 amide bonds. The first kappa shape index (κ1) is 12.0. The Kier molecular flexibility index (Phi) is 1.90. The lowest BCUT2D eigenvalue weighted by Crippen LogP contribution is -2.26. The molecule has 4 aromatic heterocycles. The van der Waals surface area contributed by atoms with Crippen LogP contribution < -0.4 is 10.7 Å². The first-order valence-corrected chi connectivity index (χ1v) is 9.90. The molecule has 24 heavy (non-hydrogen) atoms. The minimum Gasteiger partial charge on any atom is -0.257 e. The molecule has 0 spiro atoms. The summed E-state index contributed by atoms with van der Waals surface area (Å²) < 4.78 is 2.54. The van der Waals surface area contributed by atoms with Crippen molar-refractivity contribution in [3.8, 4) is 20.9 Å². The molecule has 2 aliphatic heterocycles. The predicted molar refractivity (Wildman–Crippen MR) is 97.5 cm³/mol. The molecule has 0 radical (unpaired) electrons. The van der Waals surface area contributed by atoms with E-state index in [0.717, 1.165) is 44.2 Å². The number of H-pyrrole nitrogens is 1. The third-order valence-corrected chi connectivity index (χ3v) is 7.69. The molecule has 8 heteroatoms. The van der Waals surface area contributed by atoms with Gasteiger partial charge in [-0.1, -0.05) is 5.21 Å². The zero-order valence-electron chi connectivity index (χ0n) is 11.8. The molecule has 1 aromatic carbocycles. The van der Waals surface area contributed by atoms with Crippen LogP contribution in [0.15, 0.2) is 32.9 Å². The third-order valence-electron chi connectivity index (χ3n) is 4.56. The molecule has 5 aromatic rings. The molecule has 2 aliphatic rings. The lowest BCUT2D eigenvalue weighted by atomic mass is 10.1. The second-order valence-corrected chi connectivity index (χ2v) is 8.62. The topological polar surface area (TPSA) is 66.3 Å². The highest BCUT2D eigenvalue weighted by Gasteiger charge is 2.30. The van der Waals surface area contributed by atoms with Gasteiger partial charge in [0.15, 0.2) is 0 Å². The van der Waals surface area contributed by atoms with E-state index in [9.17, 15) is 0 Å². The molecular formula is C16H5N5S3. The van der Waals surface area contributed by atoms with Crippen molar-refractivity contribution >= 4 is 65.8 Å². The van der Waals surface area contributed by atoms with Crippen LogP contribution in [-0.2, 0) is 0 Å². The van der Waals surface area contributed by atoms with E-state index < -0.39 is 0 Å². The minimum absolute atomic E-state index is 0.900. The smallest absolute Gasteiger partial charge is 0.124 e. The van der Waals surface area contributed by atoms with E-state index in [1.165, 1.54) is 19.2 Å². The van der Waals surface area contributed by atoms with Gasteiger partial charge < -0.3 is 0 Å². The zero-order chi connectivity index (χ0) is 15.4. The number of fused-ring (bicyclic) bond motifs is 12. The fraction of sp³-hybridized carbons (Fsp3) is 0. The Morgan fingerprint density at radius 2 is 1.83 bits per heavy atom. The maximum Gasteiger partial charge on any atom is 0.124 e. The zero-order valence-corrected chi connectivity index (χ0v) is 14.3. The number of hydrogen-bond donors (Lipinski definition) is 1. The summed E-state index contributed by atoms with van der Waals surface area (Å²) in [5.74, 6) is 0. The van der Waals surface area contributed by atoms with E-state index in [1.54, 1.807) is 34.0 Å². The molecule has 0 bridgehead atoms. The van der Waals surface area contributed by atoms with Crippen molar-refractivity contribution in [2.75, 3.05) is 0 Å². The van der Waals surface area contributed by atoms with Gasteiger partial charge in [0.2, 0.25) is 0 Å². The maximum absolute atomic E-state index is 4.99. The van der Waals surface area contributed by atoms with Crippen molar-refractivity contribution in [1.82, 2.24) is 15.4 Å². The van der Waals surface area contributed by atoms with Crippen LogP contribution in [0.4, 0.5) is 11.4 Å². The van der Waals surface area contributed by atoms with E-state index in [4.69, 9.17) is 9.98 Å². The summed E-state index contributed by atoms with van der Waals surface area (Å²) in [6.45, 7) is 0. The number of nitrogens with zero attached hydrogens (tertiary/aromatic N) is 4. The highest BCUT2D eigenvalue weighted by Crippen LogP contribution is 2.50. The van der Waals surface area contributed by atoms with Gasteiger partial charge in [0.25, 0.3) is 0 Å². The summed E-state index contributed by atoms with van der Waals surface area (Å²) in [4.78, 5) is 12.2. The van der Waals surface area contributed by atoms with E-state index in [1.807, 2.05) is 0 Å². The first-order valence-electron chi connectivity index (χ1n) is 7.32. The normalized spacial score (nSPS) is 13.7. The van der Waals surface area contributed by atoms with Gasteiger partial charge in [0.1, 0.15) is 21.9 Å². The van der Waals surface area contributed by atoms with Crippen LogP contribution >= 0.6 is 34.0 Å². The van der Waals surface area contributed by atoms with Gasteiger partial charge in [0.05, 0.1) is 31.2 Å². The van der Waals surface area contributed by atoms with Crippen molar-refractivity contribution in [2.24, 2.45) is 9.98 Å². The Hall–Kier alpha value is -2.42. The summed E-state index contributed by atoms with van der Waals surface area (Å²) in [6.07, 6.45) is 0. The van der Waals surface area contributed by atoms with Crippen molar-refractivity contribution in [3.63, 3.8) is 0 Å². The van der Waals surface area contributed by atoms with Gasteiger partial charge in [-0.3, -0.25) is 5.10 Å². The average molecular weight is 363 g/mol.